The summed E-state index contributed by atoms with van der Waals surface area (Å²) < 4.78 is 1.03. The highest BCUT2D eigenvalue weighted by atomic mass is 79.9. The zero-order valence-electron chi connectivity index (χ0n) is 8.20. The molecule has 0 radical (unpaired) electrons. The van der Waals surface area contributed by atoms with Crippen molar-refractivity contribution in [3.05, 3.63) is 38.9 Å². The summed E-state index contributed by atoms with van der Waals surface area (Å²) in [4.78, 5) is 9.62. The number of hydrogen-bond acceptors (Lipinski definition) is 4. The van der Waals surface area contributed by atoms with Gasteiger partial charge >= 0.3 is 0 Å². The second-order valence-corrected chi connectivity index (χ2v) is 4.91. The van der Waals surface area contributed by atoms with Crippen LogP contribution in [0.3, 0.4) is 0 Å². The normalized spacial score (nSPS) is 10.3. The number of thiazole rings is 1. The third kappa shape index (κ3) is 2.76. The summed E-state index contributed by atoms with van der Waals surface area (Å²) in [6, 6.07) is 3.95. The Balaban J connectivity index is 2.02. The number of aromatic nitrogens is 2. The minimum Gasteiger partial charge on any atom is -0.365 e. The van der Waals surface area contributed by atoms with Gasteiger partial charge in [-0.25, -0.2) is 4.98 Å². The van der Waals surface area contributed by atoms with Crippen LogP contribution in [0.2, 0.25) is 0 Å². The van der Waals surface area contributed by atoms with E-state index in [4.69, 9.17) is 0 Å². The Labute approximate surface area is 101 Å². The molecule has 5 heteroatoms. The largest absolute Gasteiger partial charge is 0.365 e. The predicted molar refractivity (Wildman–Crippen MR) is 66.1 cm³/mol. The highest BCUT2D eigenvalue weighted by Gasteiger charge is 1.99. The van der Waals surface area contributed by atoms with Crippen molar-refractivity contribution in [2.45, 2.75) is 13.5 Å². The zero-order valence-corrected chi connectivity index (χ0v) is 10.6. The molecule has 0 unspecified atom stereocenters. The van der Waals surface area contributed by atoms with Gasteiger partial charge in [-0.1, -0.05) is 0 Å². The first-order valence-electron chi connectivity index (χ1n) is 4.50. The lowest BCUT2D eigenvalue weighted by molar-refractivity contribution is 1.10. The molecule has 0 amide bonds. The Morgan fingerprint density at radius 3 is 3.00 bits per heavy atom. The first-order valence-corrected chi connectivity index (χ1v) is 6.17. The van der Waals surface area contributed by atoms with Crippen LogP contribution in [0.4, 0.5) is 5.82 Å². The molecule has 3 nitrogen and oxygen atoms in total. The molecule has 15 heavy (non-hydrogen) atoms. The summed E-state index contributed by atoms with van der Waals surface area (Å²) in [6.45, 7) is 2.75. The molecule has 2 aromatic rings. The van der Waals surface area contributed by atoms with E-state index < -0.39 is 0 Å². The van der Waals surface area contributed by atoms with Crippen molar-refractivity contribution in [3.8, 4) is 0 Å². The molecule has 0 aliphatic carbocycles. The van der Waals surface area contributed by atoms with Crippen molar-refractivity contribution in [2.75, 3.05) is 5.32 Å². The van der Waals surface area contributed by atoms with Gasteiger partial charge in [0.15, 0.2) is 0 Å². The van der Waals surface area contributed by atoms with E-state index in [-0.39, 0.29) is 0 Å². The predicted octanol–water partition coefficient (Wildman–Crippen LogP) is 3.22. The van der Waals surface area contributed by atoms with Gasteiger partial charge in [-0.15, -0.1) is 11.3 Å². The minimum atomic E-state index is 0.777. The van der Waals surface area contributed by atoms with Gasteiger partial charge in [-0.2, -0.15) is 0 Å². The molecular formula is C10H10BrN3S. The van der Waals surface area contributed by atoms with Gasteiger partial charge in [0.05, 0.1) is 17.7 Å². The topological polar surface area (TPSA) is 37.8 Å². The molecule has 0 aliphatic rings. The third-order valence-electron chi connectivity index (χ3n) is 1.95. The summed E-state index contributed by atoms with van der Waals surface area (Å²) in [6.07, 6.45) is 1.86. The van der Waals surface area contributed by atoms with Crippen LogP contribution in [0.5, 0.6) is 0 Å². The van der Waals surface area contributed by atoms with E-state index in [1.807, 2.05) is 30.8 Å². The summed E-state index contributed by atoms with van der Waals surface area (Å²) >= 11 is 5.06. The fourth-order valence-electron chi connectivity index (χ4n) is 1.15. The molecule has 0 aromatic carbocycles. The number of hydrogen-bond donors (Lipinski definition) is 1. The second kappa shape index (κ2) is 4.72. The standard InChI is InChI=1S/C10H10BrN3S/c1-7-9(11)2-3-10(14-7)13-5-8-4-12-6-15-8/h2-4,6H,5H2,1H3,(H,13,14). The van der Waals surface area contributed by atoms with Crippen molar-refractivity contribution in [1.29, 1.82) is 0 Å². The Morgan fingerprint density at radius 2 is 2.33 bits per heavy atom. The maximum Gasteiger partial charge on any atom is 0.126 e. The molecule has 0 aliphatic heterocycles. The molecule has 0 atom stereocenters. The van der Waals surface area contributed by atoms with Gasteiger partial charge < -0.3 is 5.32 Å². The maximum atomic E-state index is 4.40. The van der Waals surface area contributed by atoms with Crippen molar-refractivity contribution >= 4 is 33.1 Å². The van der Waals surface area contributed by atoms with Crippen LogP contribution < -0.4 is 5.32 Å². The average molecular weight is 284 g/mol. The first kappa shape index (κ1) is 10.6. The van der Waals surface area contributed by atoms with Crippen LogP contribution in [-0.4, -0.2) is 9.97 Å². The average Bonchev–Trinajstić information content (AvgIpc) is 2.73. The Kier molecular flexibility index (Phi) is 3.33. The van der Waals surface area contributed by atoms with E-state index >= 15 is 0 Å². The number of pyridine rings is 1. The number of aryl methyl sites for hydroxylation is 1. The molecule has 0 saturated carbocycles. The van der Waals surface area contributed by atoms with Gasteiger partial charge in [-0.05, 0) is 35.0 Å². The second-order valence-electron chi connectivity index (χ2n) is 3.09. The third-order valence-corrected chi connectivity index (χ3v) is 3.57. The van der Waals surface area contributed by atoms with Crippen LogP contribution in [0.1, 0.15) is 10.6 Å². The molecule has 0 saturated heterocycles. The minimum absolute atomic E-state index is 0.777. The number of nitrogens with zero attached hydrogens (tertiary/aromatic N) is 2. The number of rotatable bonds is 3. The smallest absolute Gasteiger partial charge is 0.126 e. The van der Waals surface area contributed by atoms with Crippen molar-refractivity contribution in [1.82, 2.24) is 9.97 Å². The van der Waals surface area contributed by atoms with Crippen molar-refractivity contribution in [3.63, 3.8) is 0 Å². The van der Waals surface area contributed by atoms with Gasteiger partial charge in [0.2, 0.25) is 0 Å². The summed E-state index contributed by atoms with van der Waals surface area (Å²) in [5, 5.41) is 3.25. The lowest BCUT2D eigenvalue weighted by atomic mass is 10.3. The van der Waals surface area contributed by atoms with Gasteiger partial charge in [-0.3, -0.25) is 4.98 Å². The number of nitrogens with one attached hydrogen (secondary N) is 1. The molecule has 0 spiro atoms. The van der Waals surface area contributed by atoms with Crippen LogP contribution in [0, 0.1) is 6.92 Å². The van der Waals surface area contributed by atoms with Crippen molar-refractivity contribution in [2.24, 2.45) is 0 Å². The summed E-state index contributed by atoms with van der Waals surface area (Å²) in [5.41, 5.74) is 2.82. The molecule has 2 heterocycles. The fraction of sp³-hybridized carbons (Fsp3) is 0.200. The Bertz CT molecular complexity index is 442. The number of halogens is 1. The highest BCUT2D eigenvalue weighted by molar-refractivity contribution is 9.10. The highest BCUT2D eigenvalue weighted by Crippen LogP contribution is 2.17. The van der Waals surface area contributed by atoms with Crippen molar-refractivity contribution < 1.29 is 0 Å². The quantitative estimate of drug-likeness (QED) is 0.940. The molecule has 2 rings (SSSR count). The molecule has 0 fully saturated rings. The molecule has 1 N–H and O–H groups in total. The van der Waals surface area contributed by atoms with Crippen LogP contribution in [0.25, 0.3) is 0 Å². The summed E-state index contributed by atoms with van der Waals surface area (Å²) in [5.74, 6) is 0.893. The fourth-order valence-corrected chi connectivity index (χ4v) is 1.90. The first-order chi connectivity index (χ1) is 7.25. The molecule has 78 valence electrons. The summed E-state index contributed by atoms with van der Waals surface area (Å²) in [7, 11) is 0. The van der Waals surface area contributed by atoms with E-state index in [1.165, 1.54) is 4.88 Å². The van der Waals surface area contributed by atoms with Gasteiger partial charge in [0.25, 0.3) is 0 Å². The Hall–Kier alpha value is -0.940. The lowest BCUT2D eigenvalue weighted by Gasteiger charge is -2.05. The van der Waals surface area contributed by atoms with Crippen LogP contribution in [-0.2, 0) is 6.54 Å². The molecular weight excluding hydrogens is 274 g/mol. The van der Waals surface area contributed by atoms with E-state index in [0.717, 1.165) is 22.5 Å². The van der Waals surface area contributed by atoms with E-state index in [9.17, 15) is 0 Å². The Morgan fingerprint density at radius 1 is 1.47 bits per heavy atom. The lowest BCUT2D eigenvalue weighted by Crippen LogP contribution is -2.00. The monoisotopic (exact) mass is 283 g/mol. The zero-order chi connectivity index (χ0) is 10.7. The van der Waals surface area contributed by atoms with E-state index in [1.54, 1.807) is 11.3 Å². The number of anilines is 1. The van der Waals surface area contributed by atoms with Gasteiger partial charge in [0, 0.05) is 15.5 Å². The maximum absolute atomic E-state index is 4.40. The molecule has 2 aromatic heterocycles. The van der Waals surface area contributed by atoms with Crippen LogP contribution >= 0.6 is 27.3 Å². The van der Waals surface area contributed by atoms with Gasteiger partial charge in [0.1, 0.15) is 5.82 Å². The SMILES string of the molecule is Cc1nc(NCc2cncs2)ccc1Br. The van der Waals surface area contributed by atoms with Crippen LogP contribution in [0.15, 0.2) is 28.3 Å². The van der Waals surface area contributed by atoms with E-state index in [0.29, 0.717) is 0 Å². The van der Waals surface area contributed by atoms with E-state index in [2.05, 4.69) is 31.2 Å². The molecule has 0 bridgehead atoms.